The number of likely N-dealkylation sites (N-methyl/N-ethyl adjacent to an activating group) is 1. The van der Waals surface area contributed by atoms with Gasteiger partial charge in [0.2, 0.25) is 0 Å². The Hall–Kier alpha value is -1.89. The van der Waals surface area contributed by atoms with E-state index in [1.54, 1.807) is 6.92 Å². The standard InChI is InChI=1S/C37H58N2O5/c1-22(2)30-26(41)20-37(38-32(42)44-24-14-19-39(9)21-24)18-17-35(7)25(31(30)37)10-11-28-34(6)15-13-29(43-23(3)40)33(4,5)27(34)12-16-36(28,35)8/h22,24,27-30H,10-21H2,1-9H3,(H,38,42)/t24-,27?,28?,29+,30?,34+,35-,36-,37-/m1/s1. The van der Waals surface area contributed by atoms with Gasteiger partial charge in [-0.2, -0.15) is 0 Å². The number of nitrogens with one attached hydrogen (secondary N) is 1. The number of ketones is 1. The van der Waals surface area contributed by atoms with Crippen LogP contribution in [0.1, 0.15) is 120 Å². The highest BCUT2D eigenvalue weighted by molar-refractivity contribution is 5.92. The number of hydrogen-bond donors (Lipinski definition) is 1. The second-order valence-electron chi connectivity index (χ2n) is 17.4. The molecule has 5 fully saturated rings. The van der Waals surface area contributed by atoms with Crippen molar-refractivity contribution in [3.8, 4) is 0 Å². The fourth-order valence-corrected chi connectivity index (χ4v) is 12.4. The first-order chi connectivity index (χ1) is 20.5. The van der Waals surface area contributed by atoms with E-state index in [2.05, 4.69) is 65.7 Å². The topological polar surface area (TPSA) is 84.9 Å². The Kier molecular flexibility index (Phi) is 7.70. The number of nitrogens with zero attached hydrogens (tertiary/aromatic N) is 1. The summed E-state index contributed by atoms with van der Waals surface area (Å²) in [6.07, 6.45) is 8.91. The van der Waals surface area contributed by atoms with Gasteiger partial charge in [0.1, 0.15) is 18.0 Å². The van der Waals surface area contributed by atoms with Gasteiger partial charge in [0.05, 0.1) is 5.54 Å². The minimum absolute atomic E-state index is 0.0265. The first-order valence-electron chi connectivity index (χ1n) is 17.6. The summed E-state index contributed by atoms with van der Waals surface area (Å²) in [5.74, 6) is 1.20. The van der Waals surface area contributed by atoms with Gasteiger partial charge in [0.15, 0.2) is 0 Å². The summed E-state index contributed by atoms with van der Waals surface area (Å²) in [6, 6.07) is 0. The SMILES string of the molecule is CC(=O)O[C@H]1CC[C@@]2(C)C(CC[C@]3(C)C2CCC2=C4C(C(C)C)C(=O)C[C@]4(NC(=O)O[C@@H]4CCN(C)C4)CC[C@]23C)C1(C)C. The molecule has 4 saturated carbocycles. The zero-order valence-electron chi connectivity index (χ0n) is 28.9. The van der Waals surface area contributed by atoms with Gasteiger partial charge in [0.25, 0.3) is 0 Å². The number of allylic oxidation sites excluding steroid dienone is 1. The first kappa shape index (κ1) is 32.1. The molecule has 5 aliphatic carbocycles. The van der Waals surface area contributed by atoms with E-state index in [1.807, 2.05) is 0 Å². The van der Waals surface area contributed by atoms with E-state index in [0.717, 1.165) is 70.9 Å². The van der Waals surface area contributed by atoms with Crippen LogP contribution in [0.5, 0.6) is 0 Å². The summed E-state index contributed by atoms with van der Waals surface area (Å²) >= 11 is 0. The lowest BCUT2D eigenvalue weighted by molar-refractivity contribution is -0.212. The van der Waals surface area contributed by atoms with Crippen LogP contribution in [0.4, 0.5) is 4.79 Å². The molecule has 44 heavy (non-hydrogen) atoms. The monoisotopic (exact) mass is 610 g/mol. The Morgan fingerprint density at radius 2 is 1.66 bits per heavy atom. The fourth-order valence-electron chi connectivity index (χ4n) is 12.4. The van der Waals surface area contributed by atoms with Crippen LogP contribution in [0.25, 0.3) is 0 Å². The molecule has 0 aromatic carbocycles. The van der Waals surface area contributed by atoms with Crippen LogP contribution < -0.4 is 5.32 Å². The molecule has 0 aromatic heterocycles. The van der Waals surface area contributed by atoms with Crippen LogP contribution in [0, 0.1) is 45.3 Å². The molecule has 7 nitrogen and oxygen atoms in total. The average Bonchev–Trinajstić information content (AvgIpc) is 3.45. The molecule has 6 aliphatic rings. The van der Waals surface area contributed by atoms with Gasteiger partial charge in [0, 0.05) is 37.8 Å². The fraction of sp³-hybridized carbons (Fsp3) is 0.865. The van der Waals surface area contributed by atoms with E-state index in [-0.39, 0.29) is 63.5 Å². The molecule has 6 rings (SSSR count). The number of esters is 1. The molecule has 7 heteroatoms. The van der Waals surface area contributed by atoms with E-state index in [4.69, 9.17) is 9.47 Å². The van der Waals surface area contributed by atoms with Gasteiger partial charge in [-0.1, -0.05) is 54.0 Å². The number of Topliss-reactive ketones (excluding diaryl/α,β-unsaturated/α-hetero) is 1. The second-order valence-corrected chi connectivity index (χ2v) is 17.4. The van der Waals surface area contributed by atoms with Crippen molar-refractivity contribution in [1.29, 1.82) is 0 Å². The van der Waals surface area contributed by atoms with Gasteiger partial charge in [-0.3, -0.25) is 9.59 Å². The van der Waals surface area contributed by atoms with Crippen molar-refractivity contribution < 1.29 is 23.9 Å². The molecule has 1 amide bonds. The van der Waals surface area contributed by atoms with Crippen molar-refractivity contribution in [1.82, 2.24) is 10.2 Å². The number of alkyl carbamates (subject to hydrolysis) is 1. The number of ether oxygens (including phenoxy) is 2. The summed E-state index contributed by atoms with van der Waals surface area (Å²) in [5.41, 5.74) is 2.26. The van der Waals surface area contributed by atoms with Gasteiger partial charge in [-0.15, -0.1) is 0 Å². The zero-order valence-corrected chi connectivity index (χ0v) is 28.9. The average molecular weight is 611 g/mol. The summed E-state index contributed by atoms with van der Waals surface area (Å²) in [4.78, 5) is 41.5. The molecular formula is C37H58N2O5. The normalized spacial score (nSPS) is 44.9. The molecular weight excluding hydrogens is 552 g/mol. The van der Waals surface area contributed by atoms with E-state index in [0.29, 0.717) is 18.3 Å². The van der Waals surface area contributed by atoms with Crippen LogP contribution >= 0.6 is 0 Å². The molecule has 0 bridgehead atoms. The van der Waals surface area contributed by atoms with Crippen molar-refractivity contribution >= 4 is 17.8 Å². The maximum absolute atomic E-state index is 13.8. The lowest BCUT2D eigenvalue weighted by Gasteiger charge is -2.70. The number of fused-ring (bicyclic) bond motifs is 6. The van der Waals surface area contributed by atoms with Crippen molar-refractivity contribution in [2.75, 3.05) is 20.1 Å². The second kappa shape index (κ2) is 10.6. The smallest absolute Gasteiger partial charge is 0.408 e. The lowest BCUT2D eigenvalue weighted by Crippen LogP contribution is -2.65. The number of hydrogen-bond acceptors (Lipinski definition) is 6. The molecule has 0 aromatic rings. The van der Waals surface area contributed by atoms with Crippen molar-refractivity contribution in [2.45, 2.75) is 137 Å². The summed E-state index contributed by atoms with van der Waals surface area (Å²) in [7, 11) is 2.06. The Labute approximate surface area is 265 Å². The highest BCUT2D eigenvalue weighted by atomic mass is 16.6. The Balaban J connectivity index is 1.36. The highest BCUT2D eigenvalue weighted by Gasteiger charge is 2.69. The van der Waals surface area contributed by atoms with Gasteiger partial charge >= 0.3 is 12.1 Å². The number of amides is 1. The molecule has 1 aliphatic heterocycles. The molecule has 0 spiro atoms. The third kappa shape index (κ3) is 4.55. The Bertz CT molecular complexity index is 1260. The molecule has 1 N–H and O–H groups in total. The zero-order chi connectivity index (χ0) is 32.0. The van der Waals surface area contributed by atoms with Gasteiger partial charge < -0.3 is 19.7 Å². The minimum Gasteiger partial charge on any atom is -0.462 e. The number of carbonyl (C=O) groups is 3. The van der Waals surface area contributed by atoms with Crippen LogP contribution in [0.3, 0.4) is 0 Å². The third-order valence-electron chi connectivity index (χ3n) is 14.6. The lowest BCUT2D eigenvalue weighted by atomic mass is 9.34. The number of rotatable bonds is 4. The molecule has 3 unspecified atom stereocenters. The summed E-state index contributed by atoms with van der Waals surface area (Å²) in [6.45, 7) is 19.9. The first-order valence-corrected chi connectivity index (χ1v) is 17.6. The van der Waals surface area contributed by atoms with Crippen molar-refractivity contribution in [3.05, 3.63) is 11.1 Å². The van der Waals surface area contributed by atoms with Crippen LogP contribution in [0.2, 0.25) is 0 Å². The quantitative estimate of drug-likeness (QED) is 0.271. The Morgan fingerprint density at radius 1 is 0.932 bits per heavy atom. The molecule has 0 radical (unpaired) electrons. The minimum atomic E-state index is -0.628. The van der Waals surface area contributed by atoms with Gasteiger partial charge in [-0.25, -0.2) is 4.79 Å². The highest BCUT2D eigenvalue weighted by Crippen LogP contribution is 2.75. The predicted octanol–water partition coefficient (Wildman–Crippen LogP) is 7.08. The van der Waals surface area contributed by atoms with E-state index < -0.39 is 5.54 Å². The van der Waals surface area contributed by atoms with E-state index >= 15 is 0 Å². The van der Waals surface area contributed by atoms with E-state index in [1.165, 1.54) is 11.1 Å². The molecule has 1 heterocycles. The molecule has 9 atom stereocenters. The van der Waals surface area contributed by atoms with Gasteiger partial charge in [-0.05, 0) is 104 Å². The molecule has 246 valence electrons. The predicted molar refractivity (Wildman–Crippen MR) is 171 cm³/mol. The number of carbonyl (C=O) groups excluding carboxylic acids is 3. The number of likely N-dealkylation sites (tertiary alicyclic amines) is 1. The summed E-state index contributed by atoms with van der Waals surface area (Å²) < 4.78 is 11.9. The van der Waals surface area contributed by atoms with Crippen molar-refractivity contribution in [3.63, 3.8) is 0 Å². The summed E-state index contributed by atoms with van der Waals surface area (Å²) in [5, 5.41) is 3.37. The maximum atomic E-state index is 13.8. The Morgan fingerprint density at radius 3 is 2.30 bits per heavy atom. The molecule has 1 saturated heterocycles. The van der Waals surface area contributed by atoms with E-state index in [9.17, 15) is 14.4 Å². The van der Waals surface area contributed by atoms with Crippen molar-refractivity contribution in [2.24, 2.45) is 45.3 Å². The maximum Gasteiger partial charge on any atom is 0.408 e. The third-order valence-corrected chi connectivity index (χ3v) is 14.6. The van der Waals surface area contributed by atoms with Crippen LogP contribution in [-0.4, -0.2) is 60.6 Å². The van der Waals surface area contributed by atoms with Crippen LogP contribution in [-0.2, 0) is 19.1 Å². The van der Waals surface area contributed by atoms with Crippen LogP contribution in [0.15, 0.2) is 11.1 Å². The largest absolute Gasteiger partial charge is 0.462 e.